The maximum atomic E-state index is 11.9. The summed E-state index contributed by atoms with van der Waals surface area (Å²) in [4.78, 5) is 26.8. The van der Waals surface area contributed by atoms with Crippen LogP contribution in [0.4, 0.5) is 4.79 Å². The molecule has 1 heterocycles. The third-order valence-corrected chi connectivity index (χ3v) is 3.29. The normalized spacial score (nSPS) is 18.4. The number of carboxylic acid groups (broad SMARTS) is 1. The number of nitrogens with zero attached hydrogens (tertiary/aromatic N) is 2. The van der Waals surface area contributed by atoms with Gasteiger partial charge in [0.15, 0.2) is 0 Å². The van der Waals surface area contributed by atoms with E-state index in [2.05, 4.69) is 24.1 Å². The summed E-state index contributed by atoms with van der Waals surface area (Å²) < 4.78 is 0. The zero-order valence-corrected chi connectivity index (χ0v) is 12.1. The summed E-state index contributed by atoms with van der Waals surface area (Å²) in [6, 6.07) is -1.06. The quantitative estimate of drug-likeness (QED) is 0.777. The van der Waals surface area contributed by atoms with Gasteiger partial charge in [-0.15, -0.1) is 0 Å². The Morgan fingerprint density at radius 2 is 1.79 bits per heavy atom. The van der Waals surface area contributed by atoms with Crippen LogP contribution in [0.25, 0.3) is 0 Å². The zero-order valence-electron chi connectivity index (χ0n) is 12.1. The van der Waals surface area contributed by atoms with Crippen molar-refractivity contribution in [3.63, 3.8) is 0 Å². The number of aliphatic carboxylic acids is 1. The molecule has 1 saturated heterocycles. The minimum absolute atomic E-state index is 0.265. The SMILES string of the molecule is CC[C@H](NC(=O)N1CCN(CC(C)C)CC1)C(=O)O. The molecule has 6 nitrogen and oxygen atoms in total. The van der Waals surface area contributed by atoms with Gasteiger partial charge in [0, 0.05) is 32.7 Å². The van der Waals surface area contributed by atoms with Crippen molar-refractivity contribution in [3.8, 4) is 0 Å². The fraction of sp³-hybridized carbons (Fsp3) is 0.846. The van der Waals surface area contributed by atoms with Crippen LogP contribution in [0.15, 0.2) is 0 Å². The second-order valence-corrected chi connectivity index (χ2v) is 5.43. The predicted octanol–water partition coefficient (Wildman–Crippen LogP) is 0.833. The number of urea groups is 1. The first-order valence-electron chi connectivity index (χ1n) is 6.94. The number of rotatable bonds is 5. The molecule has 2 amide bonds. The minimum Gasteiger partial charge on any atom is -0.480 e. The van der Waals surface area contributed by atoms with Gasteiger partial charge in [0.1, 0.15) is 6.04 Å². The molecule has 1 fully saturated rings. The van der Waals surface area contributed by atoms with E-state index in [0.29, 0.717) is 25.4 Å². The van der Waals surface area contributed by atoms with Crippen molar-refractivity contribution in [2.45, 2.75) is 33.2 Å². The summed E-state index contributed by atoms with van der Waals surface area (Å²) in [6.45, 7) is 10.2. The number of hydrogen-bond acceptors (Lipinski definition) is 3. The van der Waals surface area contributed by atoms with Crippen LogP contribution in [0.1, 0.15) is 27.2 Å². The second kappa shape index (κ2) is 7.33. The second-order valence-electron chi connectivity index (χ2n) is 5.43. The number of carboxylic acids is 1. The van der Waals surface area contributed by atoms with Gasteiger partial charge in [-0.3, -0.25) is 4.90 Å². The third-order valence-electron chi connectivity index (χ3n) is 3.29. The molecule has 1 aliphatic rings. The Balaban J connectivity index is 2.38. The average Bonchev–Trinajstić information content (AvgIpc) is 2.35. The van der Waals surface area contributed by atoms with Crippen LogP contribution in [0.5, 0.6) is 0 Å². The standard InChI is InChI=1S/C13H25N3O3/c1-4-11(12(17)18)14-13(19)16-7-5-15(6-8-16)9-10(2)3/h10-11H,4-9H2,1-3H3,(H,14,19)(H,17,18)/t11-/m0/s1. The highest BCUT2D eigenvalue weighted by molar-refractivity contribution is 5.82. The fourth-order valence-corrected chi connectivity index (χ4v) is 2.23. The lowest BCUT2D eigenvalue weighted by atomic mass is 10.2. The lowest BCUT2D eigenvalue weighted by molar-refractivity contribution is -0.139. The first kappa shape index (κ1) is 15.8. The Morgan fingerprint density at radius 3 is 2.21 bits per heavy atom. The maximum Gasteiger partial charge on any atom is 0.326 e. The van der Waals surface area contributed by atoms with E-state index in [9.17, 15) is 9.59 Å². The predicted molar refractivity (Wildman–Crippen MR) is 73.1 cm³/mol. The Kier molecular flexibility index (Phi) is 6.08. The summed E-state index contributed by atoms with van der Waals surface area (Å²) >= 11 is 0. The van der Waals surface area contributed by atoms with Crippen molar-refractivity contribution in [1.29, 1.82) is 0 Å². The van der Waals surface area contributed by atoms with E-state index in [4.69, 9.17) is 5.11 Å². The molecule has 0 aromatic heterocycles. The molecule has 110 valence electrons. The van der Waals surface area contributed by atoms with Gasteiger partial charge in [-0.1, -0.05) is 20.8 Å². The van der Waals surface area contributed by atoms with Crippen LogP contribution >= 0.6 is 0 Å². The van der Waals surface area contributed by atoms with Gasteiger partial charge in [-0.25, -0.2) is 9.59 Å². The van der Waals surface area contributed by atoms with Crippen LogP contribution in [0.3, 0.4) is 0 Å². The summed E-state index contributed by atoms with van der Waals surface area (Å²) in [5, 5.41) is 11.5. The zero-order chi connectivity index (χ0) is 14.4. The van der Waals surface area contributed by atoms with Gasteiger partial charge in [-0.2, -0.15) is 0 Å². The topological polar surface area (TPSA) is 72.9 Å². The molecule has 0 saturated carbocycles. The molecule has 0 spiro atoms. The third kappa shape index (κ3) is 5.06. The summed E-state index contributed by atoms with van der Waals surface area (Å²) in [6.07, 6.45) is 0.397. The Labute approximate surface area is 114 Å². The van der Waals surface area contributed by atoms with Crippen LogP contribution in [-0.2, 0) is 4.79 Å². The molecule has 0 aromatic carbocycles. The van der Waals surface area contributed by atoms with Crippen molar-refractivity contribution >= 4 is 12.0 Å². The van der Waals surface area contributed by atoms with Crippen molar-refractivity contribution in [2.24, 2.45) is 5.92 Å². The van der Waals surface area contributed by atoms with E-state index in [-0.39, 0.29) is 6.03 Å². The molecular formula is C13H25N3O3. The minimum atomic E-state index is -0.978. The maximum absolute atomic E-state index is 11.9. The summed E-state index contributed by atoms with van der Waals surface area (Å²) in [5.41, 5.74) is 0. The molecule has 0 aromatic rings. The van der Waals surface area contributed by atoms with Crippen molar-refractivity contribution in [3.05, 3.63) is 0 Å². The molecule has 6 heteroatoms. The van der Waals surface area contributed by atoms with E-state index in [1.807, 2.05) is 0 Å². The van der Waals surface area contributed by atoms with Gasteiger partial charge >= 0.3 is 12.0 Å². The average molecular weight is 271 g/mol. The molecule has 2 N–H and O–H groups in total. The first-order valence-corrected chi connectivity index (χ1v) is 6.94. The highest BCUT2D eigenvalue weighted by Crippen LogP contribution is 2.06. The molecule has 0 unspecified atom stereocenters. The van der Waals surface area contributed by atoms with Gasteiger partial charge in [0.2, 0.25) is 0 Å². The van der Waals surface area contributed by atoms with Crippen molar-refractivity contribution in [2.75, 3.05) is 32.7 Å². The number of hydrogen-bond donors (Lipinski definition) is 2. The lowest BCUT2D eigenvalue weighted by Gasteiger charge is -2.35. The summed E-state index contributed by atoms with van der Waals surface area (Å²) in [5.74, 6) is -0.355. The van der Waals surface area contributed by atoms with E-state index in [1.165, 1.54) is 0 Å². The first-order chi connectivity index (χ1) is 8.93. The van der Waals surface area contributed by atoms with E-state index in [1.54, 1.807) is 11.8 Å². The Morgan fingerprint density at radius 1 is 1.21 bits per heavy atom. The van der Waals surface area contributed by atoms with Crippen LogP contribution in [0.2, 0.25) is 0 Å². The van der Waals surface area contributed by atoms with E-state index >= 15 is 0 Å². The number of carbonyl (C=O) groups excluding carboxylic acids is 1. The highest BCUT2D eigenvalue weighted by Gasteiger charge is 2.24. The van der Waals surface area contributed by atoms with Crippen molar-refractivity contribution in [1.82, 2.24) is 15.1 Å². The number of carbonyl (C=O) groups is 2. The largest absolute Gasteiger partial charge is 0.480 e. The number of amides is 2. The van der Waals surface area contributed by atoms with Crippen LogP contribution in [-0.4, -0.2) is 65.7 Å². The molecule has 1 aliphatic heterocycles. The molecule has 1 rings (SSSR count). The Hall–Kier alpha value is -1.30. The van der Waals surface area contributed by atoms with Crippen molar-refractivity contribution < 1.29 is 14.7 Å². The Bertz CT molecular complexity index is 312. The summed E-state index contributed by atoms with van der Waals surface area (Å²) in [7, 11) is 0. The molecule has 0 radical (unpaired) electrons. The monoisotopic (exact) mass is 271 g/mol. The fourth-order valence-electron chi connectivity index (χ4n) is 2.23. The van der Waals surface area contributed by atoms with Gasteiger partial charge < -0.3 is 15.3 Å². The van der Waals surface area contributed by atoms with Gasteiger partial charge in [0.05, 0.1) is 0 Å². The lowest BCUT2D eigenvalue weighted by Crippen LogP contribution is -2.54. The van der Waals surface area contributed by atoms with Crippen LogP contribution < -0.4 is 5.32 Å². The molecule has 0 bridgehead atoms. The van der Waals surface area contributed by atoms with Gasteiger partial charge in [-0.05, 0) is 12.3 Å². The smallest absolute Gasteiger partial charge is 0.326 e. The molecule has 0 aliphatic carbocycles. The highest BCUT2D eigenvalue weighted by atomic mass is 16.4. The number of nitrogens with one attached hydrogen (secondary N) is 1. The molecular weight excluding hydrogens is 246 g/mol. The van der Waals surface area contributed by atoms with E-state index < -0.39 is 12.0 Å². The molecule has 19 heavy (non-hydrogen) atoms. The van der Waals surface area contributed by atoms with Gasteiger partial charge in [0.25, 0.3) is 0 Å². The van der Waals surface area contributed by atoms with Crippen LogP contribution in [0, 0.1) is 5.92 Å². The molecule has 1 atom stereocenters. The van der Waals surface area contributed by atoms with E-state index in [0.717, 1.165) is 19.6 Å². The number of piperazine rings is 1.